The van der Waals surface area contributed by atoms with E-state index in [2.05, 4.69) is 15.3 Å². The van der Waals surface area contributed by atoms with Gasteiger partial charge in [-0.2, -0.15) is 0 Å². The van der Waals surface area contributed by atoms with Crippen LogP contribution in [0.4, 0.5) is 9.59 Å². The number of imide groups is 4. The van der Waals surface area contributed by atoms with Crippen LogP contribution in [0.25, 0.3) is 16.7 Å². The van der Waals surface area contributed by atoms with Crippen LogP contribution < -0.4 is 32.3 Å². The molecule has 1 atom stereocenters. The van der Waals surface area contributed by atoms with E-state index in [1.807, 2.05) is 21.3 Å². The quantitative estimate of drug-likeness (QED) is 0.156. The molecule has 0 radical (unpaired) electrons. The Labute approximate surface area is 177 Å². The van der Waals surface area contributed by atoms with Crippen LogP contribution in [0.15, 0.2) is 29.8 Å². The average molecular weight is 436 g/mol. The second kappa shape index (κ2) is 6.39. The Morgan fingerprint density at radius 1 is 0.781 bits per heavy atom. The molecule has 14 nitrogen and oxygen atoms in total. The Hall–Kier alpha value is -4.72. The molecule has 3 aliphatic rings. The molecule has 0 aliphatic carbocycles. The molecular formula is C18H12N8O6. The van der Waals surface area contributed by atoms with Crippen molar-refractivity contribution in [2.45, 2.75) is 5.66 Å². The van der Waals surface area contributed by atoms with Crippen LogP contribution >= 0.6 is 0 Å². The molecule has 2 aromatic rings. The highest BCUT2D eigenvalue weighted by Crippen LogP contribution is 2.39. The fourth-order valence-corrected chi connectivity index (χ4v) is 3.80. The third-order valence-electron chi connectivity index (χ3n) is 5.14. The Morgan fingerprint density at radius 2 is 1.31 bits per heavy atom. The van der Waals surface area contributed by atoms with Crippen LogP contribution in [0.1, 0.15) is 11.4 Å². The predicted molar refractivity (Wildman–Crippen MR) is 102 cm³/mol. The minimum absolute atomic E-state index is 0.0710. The van der Waals surface area contributed by atoms with Crippen molar-refractivity contribution in [3.63, 3.8) is 0 Å². The molecule has 1 aromatic heterocycles. The van der Waals surface area contributed by atoms with Crippen molar-refractivity contribution in [3.05, 3.63) is 41.2 Å². The van der Waals surface area contributed by atoms with Crippen LogP contribution in [0, 0.1) is 5.92 Å². The van der Waals surface area contributed by atoms with Crippen molar-refractivity contribution in [1.82, 2.24) is 36.6 Å². The molecular weight excluding hydrogens is 424 g/mol. The fraction of sp³-hybridized carbons (Fsp3) is 0.111. The summed E-state index contributed by atoms with van der Waals surface area (Å²) in [5, 5.41) is 10.4. The third-order valence-corrected chi connectivity index (χ3v) is 5.14. The maximum absolute atomic E-state index is 12.6. The number of nitrogens with zero attached hydrogens (tertiary/aromatic N) is 2. The molecule has 5 rings (SSSR count). The Balaban J connectivity index is 1.78. The number of carbonyl (C=O) groups is 6. The van der Waals surface area contributed by atoms with Crippen molar-refractivity contribution < 1.29 is 28.8 Å². The zero-order valence-electron chi connectivity index (χ0n) is 15.8. The van der Waals surface area contributed by atoms with Gasteiger partial charge >= 0.3 is 12.1 Å². The number of para-hydroxylation sites is 2. The minimum Gasteiger partial charge on any atom is -0.359 e. The molecule has 2 saturated heterocycles. The van der Waals surface area contributed by atoms with Gasteiger partial charge in [0.15, 0.2) is 11.6 Å². The van der Waals surface area contributed by atoms with Gasteiger partial charge in [-0.1, -0.05) is 12.1 Å². The first kappa shape index (κ1) is 19.3. The lowest BCUT2D eigenvalue weighted by atomic mass is 9.88. The number of fused-ring (bicyclic) bond motifs is 2. The van der Waals surface area contributed by atoms with Crippen LogP contribution in [0.2, 0.25) is 0 Å². The van der Waals surface area contributed by atoms with E-state index in [1.54, 1.807) is 24.3 Å². The molecule has 8 amide bonds. The summed E-state index contributed by atoms with van der Waals surface area (Å²) in [6.07, 6.45) is 0. The average Bonchev–Trinajstić information content (AvgIpc) is 2.97. The molecule has 14 heteroatoms. The number of hydrogen-bond acceptors (Lipinski definition) is 10. The second-order valence-corrected chi connectivity index (χ2v) is 7.13. The summed E-state index contributed by atoms with van der Waals surface area (Å²) >= 11 is 0. The van der Waals surface area contributed by atoms with Crippen LogP contribution in [0.3, 0.4) is 0 Å². The zero-order chi connectivity index (χ0) is 22.8. The van der Waals surface area contributed by atoms with Gasteiger partial charge in [-0.25, -0.2) is 19.6 Å². The number of aromatic nitrogens is 2. The molecule has 1 aromatic carbocycles. The van der Waals surface area contributed by atoms with Gasteiger partial charge in [-0.15, -0.1) is 0 Å². The summed E-state index contributed by atoms with van der Waals surface area (Å²) in [4.78, 5) is 81.8. The first-order valence-electron chi connectivity index (χ1n) is 9.10. The number of carbonyl (C=O) groups excluding carboxylic acids is 6. The lowest BCUT2D eigenvalue weighted by Gasteiger charge is -2.34. The summed E-state index contributed by atoms with van der Waals surface area (Å²) in [6.45, 7) is 0. The number of benzene rings is 1. The first-order chi connectivity index (χ1) is 15.2. The van der Waals surface area contributed by atoms with Crippen LogP contribution in [-0.2, 0) is 24.8 Å². The lowest BCUT2D eigenvalue weighted by molar-refractivity contribution is -0.139. The molecule has 32 heavy (non-hydrogen) atoms. The van der Waals surface area contributed by atoms with E-state index in [0.29, 0.717) is 11.0 Å². The number of barbiturate groups is 2. The molecule has 3 aliphatic heterocycles. The summed E-state index contributed by atoms with van der Waals surface area (Å²) < 4.78 is 0. The largest absolute Gasteiger partial charge is 0.359 e. The van der Waals surface area contributed by atoms with E-state index in [9.17, 15) is 28.8 Å². The standard InChI is InChI=1S/C18H12N8O6/c19-18(8-14(29)24-17(32)25-15(8)30)11-10(20-5-3-1-2-4-6(5)21-11)9(26-18)7-12(27)22-16(31)23-13(7)28/h1-4,8,26H,19H2,(H2,22,23,27,28,31)(H2,24,25,29,30,32). The normalized spacial score (nSPS) is 23.4. The van der Waals surface area contributed by atoms with Gasteiger partial charge in [0.1, 0.15) is 17.0 Å². The Morgan fingerprint density at radius 3 is 1.91 bits per heavy atom. The van der Waals surface area contributed by atoms with Crippen molar-refractivity contribution in [3.8, 4) is 0 Å². The molecule has 4 heterocycles. The molecule has 7 N–H and O–H groups in total. The van der Waals surface area contributed by atoms with Crippen molar-refractivity contribution in [2.75, 3.05) is 0 Å². The first-order valence-corrected chi connectivity index (χ1v) is 9.10. The van der Waals surface area contributed by atoms with Gasteiger partial charge in [-0.05, 0) is 12.1 Å². The summed E-state index contributed by atoms with van der Waals surface area (Å²) in [7, 11) is 0. The van der Waals surface area contributed by atoms with Crippen LogP contribution in [-0.4, -0.2) is 45.7 Å². The monoisotopic (exact) mass is 436 g/mol. The summed E-state index contributed by atoms with van der Waals surface area (Å²) in [6, 6.07) is 4.54. The SMILES string of the molecule is NC1(C2C(=O)NC(=O)NC2=O)NC(=C2C(=O)NC(=O)NC2=O)c2nc3ccccc3nc21. The second-order valence-electron chi connectivity index (χ2n) is 7.13. The maximum atomic E-state index is 12.6. The maximum Gasteiger partial charge on any atom is 0.328 e. The molecule has 0 spiro atoms. The lowest BCUT2D eigenvalue weighted by Crippen LogP contribution is -2.67. The van der Waals surface area contributed by atoms with Gasteiger partial charge in [-0.3, -0.25) is 40.4 Å². The minimum atomic E-state index is -2.09. The molecule has 160 valence electrons. The number of nitrogens with one attached hydrogen (secondary N) is 5. The zero-order valence-corrected chi connectivity index (χ0v) is 15.8. The molecule has 2 fully saturated rings. The molecule has 0 bridgehead atoms. The van der Waals surface area contributed by atoms with Crippen molar-refractivity contribution >= 4 is 52.4 Å². The van der Waals surface area contributed by atoms with E-state index in [-0.39, 0.29) is 17.1 Å². The van der Waals surface area contributed by atoms with E-state index in [0.717, 1.165) is 0 Å². The summed E-state index contributed by atoms with van der Waals surface area (Å²) in [5.41, 5.74) is 4.14. The predicted octanol–water partition coefficient (Wildman–Crippen LogP) is -2.60. The molecule has 0 saturated carbocycles. The van der Waals surface area contributed by atoms with E-state index in [4.69, 9.17) is 5.73 Å². The number of urea groups is 2. The fourth-order valence-electron chi connectivity index (χ4n) is 3.80. The van der Waals surface area contributed by atoms with E-state index in [1.165, 1.54) is 0 Å². The summed E-state index contributed by atoms with van der Waals surface area (Å²) in [5.74, 6) is -5.84. The van der Waals surface area contributed by atoms with Crippen LogP contribution in [0.5, 0.6) is 0 Å². The number of rotatable bonds is 1. The highest BCUT2D eigenvalue weighted by Gasteiger charge is 2.56. The van der Waals surface area contributed by atoms with Gasteiger partial charge in [0.25, 0.3) is 11.8 Å². The van der Waals surface area contributed by atoms with Crippen molar-refractivity contribution in [2.24, 2.45) is 11.7 Å². The van der Waals surface area contributed by atoms with E-state index >= 15 is 0 Å². The highest BCUT2D eigenvalue weighted by molar-refractivity contribution is 6.32. The van der Waals surface area contributed by atoms with Gasteiger partial charge in [0.2, 0.25) is 11.8 Å². The Bertz CT molecular complexity index is 1310. The van der Waals surface area contributed by atoms with Gasteiger partial charge in [0, 0.05) is 0 Å². The van der Waals surface area contributed by atoms with Gasteiger partial charge < -0.3 is 11.1 Å². The number of nitrogens with two attached hydrogens (primary N) is 1. The third kappa shape index (κ3) is 2.63. The number of hydrogen-bond donors (Lipinski definition) is 6. The molecule has 1 unspecified atom stereocenters. The van der Waals surface area contributed by atoms with Gasteiger partial charge in [0.05, 0.1) is 16.7 Å². The highest BCUT2D eigenvalue weighted by atomic mass is 16.2. The van der Waals surface area contributed by atoms with E-state index < -0.39 is 52.8 Å². The Kier molecular flexibility index (Phi) is 3.84. The number of amides is 8. The topological polar surface area (TPSA) is 214 Å². The smallest absolute Gasteiger partial charge is 0.328 e. The van der Waals surface area contributed by atoms with Crippen molar-refractivity contribution in [1.29, 1.82) is 0 Å².